The molecule has 1 amide bonds. The molecule has 2 unspecified atom stereocenters. The van der Waals surface area contributed by atoms with Gasteiger partial charge in [-0.25, -0.2) is 0 Å². The summed E-state index contributed by atoms with van der Waals surface area (Å²) < 4.78 is 0. The van der Waals surface area contributed by atoms with Crippen molar-refractivity contribution in [1.82, 2.24) is 4.90 Å². The van der Waals surface area contributed by atoms with Gasteiger partial charge in [-0.05, 0) is 43.4 Å². The molecule has 0 heterocycles. The number of rotatable bonds is 6. The molecule has 0 saturated heterocycles. The molecule has 2 atom stereocenters. The Morgan fingerprint density at radius 2 is 2.15 bits per heavy atom. The third-order valence-electron chi connectivity index (χ3n) is 3.95. The van der Waals surface area contributed by atoms with Crippen LogP contribution in [-0.2, 0) is 11.3 Å². The fraction of sp³-hybridized carbons (Fsp3) is 0.562. The van der Waals surface area contributed by atoms with Gasteiger partial charge in [0.1, 0.15) is 5.75 Å². The molecular weight excluding hydrogens is 252 g/mol. The summed E-state index contributed by atoms with van der Waals surface area (Å²) >= 11 is 0. The number of carbonyl (C=O) groups excluding carboxylic acids is 1. The van der Waals surface area contributed by atoms with E-state index in [9.17, 15) is 9.90 Å². The molecule has 0 aliphatic heterocycles. The average Bonchev–Trinajstić information content (AvgIpc) is 3.20. The Labute approximate surface area is 120 Å². The minimum absolute atomic E-state index is 0.107. The van der Waals surface area contributed by atoms with Crippen LogP contribution in [-0.4, -0.2) is 28.5 Å². The van der Waals surface area contributed by atoms with Gasteiger partial charge in [-0.2, -0.15) is 0 Å². The van der Waals surface area contributed by atoms with Crippen molar-refractivity contribution in [1.29, 1.82) is 0 Å². The number of aromatic hydroxyl groups is 1. The Hall–Kier alpha value is -1.55. The van der Waals surface area contributed by atoms with Gasteiger partial charge in [0.15, 0.2) is 0 Å². The fourth-order valence-corrected chi connectivity index (χ4v) is 2.23. The average molecular weight is 276 g/mol. The number of benzene rings is 1. The maximum atomic E-state index is 12.5. The summed E-state index contributed by atoms with van der Waals surface area (Å²) in [7, 11) is 0. The smallest absolute Gasteiger partial charge is 0.227 e. The molecule has 4 heteroatoms. The summed E-state index contributed by atoms with van der Waals surface area (Å²) in [6.45, 7) is 5.09. The van der Waals surface area contributed by atoms with Crippen molar-refractivity contribution in [2.75, 3.05) is 6.54 Å². The molecule has 0 bridgehead atoms. The van der Waals surface area contributed by atoms with Crippen molar-refractivity contribution in [2.45, 2.75) is 39.3 Å². The van der Waals surface area contributed by atoms with Crippen LogP contribution >= 0.6 is 0 Å². The first-order valence-corrected chi connectivity index (χ1v) is 7.29. The van der Waals surface area contributed by atoms with Crippen molar-refractivity contribution in [2.24, 2.45) is 17.6 Å². The van der Waals surface area contributed by atoms with Gasteiger partial charge < -0.3 is 15.7 Å². The number of hydrogen-bond acceptors (Lipinski definition) is 3. The third kappa shape index (κ3) is 3.97. The van der Waals surface area contributed by atoms with Gasteiger partial charge in [-0.15, -0.1) is 0 Å². The molecule has 1 saturated carbocycles. The van der Waals surface area contributed by atoms with Gasteiger partial charge in [0, 0.05) is 19.1 Å². The zero-order valence-electron chi connectivity index (χ0n) is 12.2. The Morgan fingerprint density at radius 3 is 2.70 bits per heavy atom. The molecule has 0 aromatic heterocycles. The first-order chi connectivity index (χ1) is 9.47. The second kappa shape index (κ2) is 6.27. The maximum Gasteiger partial charge on any atom is 0.227 e. The molecule has 1 aliphatic carbocycles. The Bertz CT molecular complexity index is 469. The summed E-state index contributed by atoms with van der Waals surface area (Å²) in [6, 6.07) is 6.95. The lowest BCUT2D eigenvalue weighted by Gasteiger charge is -2.27. The van der Waals surface area contributed by atoms with Crippen molar-refractivity contribution in [3.8, 4) is 5.75 Å². The van der Waals surface area contributed by atoms with E-state index in [0.717, 1.165) is 12.1 Å². The summed E-state index contributed by atoms with van der Waals surface area (Å²) in [5.41, 5.74) is 6.81. The first kappa shape index (κ1) is 14.9. The zero-order chi connectivity index (χ0) is 14.7. The van der Waals surface area contributed by atoms with Gasteiger partial charge in [0.25, 0.3) is 0 Å². The molecule has 1 aliphatic rings. The molecule has 1 fully saturated rings. The molecule has 2 rings (SSSR count). The van der Waals surface area contributed by atoms with Crippen LogP contribution in [0.25, 0.3) is 0 Å². The Kier molecular flexibility index (Phi) is 4.65. The van der Waals surface area contributed by atoms with Crippen molar-refractivity contribution in [3.05, 3.63) is 29.8 Å². The van der Waals surface area contributed by atoms with Crippen LogP contribution in [0, 0.1) is 11.8 Å². The van der Waals surface area contributed by atoms with Crippen molar-refractivity contribution < 1.29 is 9.90 Å². The summed E-state index contributed by atoms with van der Waals surface area (Å²) in [5.74, 6) is 0.805. The lowest BCUT2D eigenvalue weighted by atomic mass is 10.0. The second-order valence-electron chi connectivity index (χ2n) is 5.98. The molecule has 0 spiro atoms. The molecule has 3 N–H and O–H groups in total. The quantitative estimate of drug-likeness (QED) is 0.836. The SMILES string of the molecule is CC(N)C(C)C(=O)N(Cc1cccc(O)c1)CC1CC1. The number of carbonyl (C=O) groups is 1. The molecule has 4 nitrogen and oxygen atoms in total. The number of nitrogens with zero attached hydrogens (tertiary/aromatic N) is 1. The van der Waals surface area contributed by atoms with Gasteiger partial charge in [-0.1, -0.05) is 19.1 Å². The second-order valence-corrected chi connectivity index (χ2v) is 5.98. The van der Waals surface area contributed by atoms with Crippen LogP contribution in [0.3, 0.4) is 0 Å². The van der Waals surface area contributed by atoms with E-state index < -0.39 is 0 Å². The van der Waals surface area contributed by atoms with Crippen LogP contribution in [0.4, 0.5) is 0 Å². The topological polar surface area (TPSA) is 66.6 Å². The van der Waals surface area contributed by atoms with E-state index >= 15 is 0 Å². The number of amides is 1. The van der Waals surface area contributed by atoms with E-state index in [4.69, 9.17) is 5.73 Å². The standard InChI is InChI=1S/C16H24N2O2/c1-11(12(2)17)16(20)18(9-13-6-7-13)10-14-4-3-5-15(19)8-14/h3-5,8,11-13,19H,6-7,9-10,17H2,1-2H3. The first-order valence-electron chi connectivity index (χ1n) is 7.29. The van der Waals surface area contributed by atoms with E-state index in [1.165, 1.54) is 12.8 Å². The fourth-order valence-electron chi connectivity index (χ4n) is 2.23. The van der Waals surface area contributed by atoms with Gasteiger partial charge in [-0.3, -0.25) is 4.79 Å². The minimum atomic E-state index is -0.175. The van der Waals surface area contributed by atoms with Crippen LogP contribution in [0.2, 0.25) is 0 Å². The third-order valence-corrected chi connectivity index (χ3v) is 3.95. The normalized spacial score (nSPS) is 17.6. The van der Waals surface area contributed by atoms with Crippen LogP contribution in [0.15, 0.2) is 24.3 Å². The van der Waals surface area contributed by atoms with E-state index in [-0.39, 0.29) is 23.6 Å². The van der Waals surface area contributed by atoms with Gasteiger partial charge in [0.2, 0.25) is 5.91 Å². The predicted octanol–water partition coefficient (Wildman–Crippen LogP) is 2.11. The summed E-state index contributed by atoms with van der Waals surface area (Å²) in [5, 5.41) is 9.53. The highest BCUT2D eigenvalue weighted by atomic mass is 16.3. The van der Waals surface area contributed by atoms with Gasteiger partial charge in [0.05, 0.1) is 5.92 Å². The number of hydrogen-bond donors (Lipinski definition) is 2. The number of phenols is 1. The number of nitrogens with two attached hydrogens (primary N) is 1. The summed E-state index contributed by atoms with van der Waals surface area (Å²) in [6.07, 6.45) is 2.41. The molecule has 20 heavy (non-hydrogen) atoms. The van der Waals surface area contributed by atoms with E-state index in [1.54, 1.807) is 18.2 Å². The highest BCUT2D eigenvalue weighted by Crippen LogP contribution is 2.31. The molecule has 1 aromatic rings. The van der Waals surface area contributed by atoms with E-state index in [2.05, 4.69) is 0 Å². The predicted molar refractivity (Wildman–Crippen MR) is 79.1 cm³/mol. The molecule has 1 aromatic carbocycles. The zero-order valence-corrected chi connectivity index (χ0v) is 12.2. The molecule has 0 radical (unpaired) electrons. The number of phenolic OH excluding ortho intramolecular Hbond substituents is 1. The highest BCUT2D eigenvalue weighted by molar-refractivity contribution is 5.79. The monoisotopic (exact) mass is 276 g/mol. The maximum absolute atomic E-state index is 12.5. The van der Waals surface area contributed by atoms with Crippen LogP contribution in [0.1, 0.15) is 32.3 Å². The summed E-state index contributed by atoms with van der Waals surface area (Å²) in [4.78, 5) is 14.4. The minimum Gasteiger partial charge on any atom is -0.508 e. The van der Waals surface area contributed by atoms with Gasteiger partial charge >= 0.3 is 0 Å². The molecular formula is C16H24N2O2. The van der Waals surface area contributed by atoms with Crippen molar-refractivity contribution >= 4 is 5.91 Å². The van der Waals surface area contributed by atoms with Crippen LogP contribution in [0.5, 0.6) is 5.75 Å². The largest absolute Gasteiger partial charge is 0.508 e. The molecule has 110 valence electrons. The lowest BCUT2D eigenvalue weighted by Crippen LogP contribution is -2.42. The van der Waals surface area contributed by atoms with Crippen molar-refractivity contribution in [3.63, 3.8) is 0 Å². The van der Waals surface area contributed by atoms with E-state index in [0.29, 0.717) is 12.5 Å². The van der Waals surface area contributed by atoms with Crippen LogP contribution < -0.4 is 5.73 Å². The lowest BCUT2D eigenvalue weighted by molar-refractivity contribution is -0.136. The Morgan fingerprint density at radius 1 is 1.45 bits per heavy atom. The highest BCUT2D eigenvalue weighted by Gasteiger charge is 2.30. The Balaban J connectivity index is 2.08. The van der Waals surface area contributed by atoms with E-state index in [1.807, 2.05) is 24.8 Å².